The zero-order valence-corrected chi connectivity index (χ0v) is 17.2. The molecule has 3 heterocycles. The van der Waals surface area contributed by atoms with Crippen molar-refractivity contribution in [1.82, 2.24) is 30.6 Å². The number of rotatable bonds is 6. The van der Waals surface area contributed by atoms with Gasteiger partial charge < -0.3 is 20.5 Å². The second kappa shape index (κ2) is 8.57. The van der Waals surface area contributed by atoms with Crippen LogP contribution in [-0.4, -0.2) is 38.3 Å². The minimum absolute atomic E-state index is 0.160. The predicted molar refractivity (Wildman–Crippen MR) is 115 cm³/mol. The smallest absolute Gasteiger partial charge is 0.273 e. The van der Waals surface area contributed by atoms with E-state index in [-0.39, 0.29) is 11.6 Å². The summed E-state index contributed by atoms with van der Waals surface area (Å²) in [6.07, 6.45) is 1.67. The Morgan fingerprint density at radius 2 is 1.84 bits per heavy atom. The molecule has 156 valence electrons. The van der Waals surface area contributed by atoms with Crippen LogP contribution in [0.1, 0.15) is 21.9 Å². The van der Waals surface area contributed by atoms with E-state index in [0.29, 0.717) is 29.0 Å². The third-order valence-corrected chi connectivity index (χ3v) is 4.52. The van der Waals surface area contributed by atoms with Crippen LogP contribution in [0.25, 0.3) is 11.5 Å². The van der Waals surface area contributed by atoms with Crippen molar-refractivity contribution in [3.63, 3.8) is 0 Å². The zero-order valence-electron chi connectivity index (χ0n) is 17.2. The highest BCUT2D eigenvalue weighted by Crippen LogP contribution is 2.31. The largest absolute Gasteiger partial charge is 0.354 e. The lowest BCUT2D eigenvalue weighted by atomic mass is 10.1. The molecule has 0 spiro atoms. The molecule has 0 unspecified atom stereocenters. The molecular weight excluding hydrogens is 396 g/mol. The Labute approximate surface area is 178 Å². The number of aromatic nitrogens is 5. The lowest BCUT2D eigenvalue weighted by Crippen LogP contribution is -2.21. The summed E-state index contributed by atoms with van der Waals surface area (Å²) in [6.45, 7) is 3.69. The Bertz CT molecular complexity index is 1220. The molecule has 0 aliphatic heterocycles. The summed E-state index contributed by atoms with van der Waals surface area (Å²) in [5.41, 5.74) is 3.07. The monoisotopic (exact) mass is 416 g/mol. The number of nitrogens with zero attached hydrogens (tertiary/aromatic N) is 5. The van der Waals surface area contributed by atoms with Gasteiger partial charge in [0.25, 0.3) is 11.8 Å². The topological polar surface area (TPSA) is 131 Å². The first-order chi connectivity index (χ1) is 15.0. The van der Waals surface area contributed by atoms with E-state index < -0.39 is 0 Å². The molecule has 0 bridgehead atoms. The lowest BCUT2D eigenvalue weighted by Gasteiger charge is -2.15. The van der Waals surface area contributed by atoms with Gasteiger partial charge in [-0.15, -0.1) is 10.2 Å². The van der Waals surface area contributed by atoms with Crippen molar-refractivity contribution < 1.29 is 9.32 Å². The van der Waals surface area contributed by atoms with Crippen molar-refractivity contribution in [2.75, 3.05) is 17.7 Å². The van der Waals surface area contributed by atoms with E-state index in [0.717, 1.165) is 16.8 Å². The summed E-state index contributed by atoms with van der Waals surface area (Å²) in [7, 11) is 1.54. The van der Waals surface area contributed by atoms with Crippen molar-refractivity contribution in [2.45, 2.75) is 13.8 Å². The Hall–Kier alpha value is -4.34. The number of amides is 1. The first-order valence-corrected chi connectivity index (χ1v) is 9.50. The van der Waals surface area contributed by atoms with Crippen molar-refractivity contribution in [1.29, 1.82) is 0 Å². The third-order valence-electron chi connectivity index (χ3n) is 4.52. The van der Waals surface area contributed by atoms with Gasteiger partial charge in [-0.3, -0.25) is 4.79 Å². The molecule has 0 saturated heterocycles. The summed E-state index contributed by atoms with van der Waals surface area (Å²) >= 11 is 0. The number of benzene rings is 1. The van der Waals surface area contributed by atoms with Gasteiger partial charge in [0.2, 0.25) is 0 Å². The molecule has 10 nitrogen and oxygen atoms in total. The molecule has 0 aliphatic carbocycles. The van der Waals surface area contributed by atoms with Crippen LogP contribution in [0.15, 0.2) is 53.2 Å². The molecule has 0 radical (unpaired) electrons. The molecule has 3 N–H and O–H groups in total. The number of nitrogens with one attached hydrogen (secondary N) is 3. The Morgan fingerprint density at radius 1 is 0.968 bits per heavy atom. The maximum absolute atomic E-state index is 12.4. The van der Waals surface area contributed by atoms with Crippen molar-refractivity contribution in [3.8, 4) is 11.5 Å². The Balaban J connectivity index is 1.71. The third kappa shape index (κ3) is 4.32. The Kier molecular flexibility index (Phi) is 5.52. The van der Waals surface area contributed by atoms with Crippen molar-refractivity contribution in [2.24, 2.45) is 0 Å². The van der Waals surface area contributed by atoms with Gasteiger partial charge >= 0.3 is 0 Å². The number of pyridine rings is 1. The maximum atomic E-state index is 12.4. The van der Waals surface area contributed by atoms with Gasteiger partial charge in [-0.25, -0.2) is 4.98 Å². The second-order valence-corrected chi connectivity index (χ2v) is 6.66. The molecule has 0 fully saturated rings. The molecule has 31 heavy (non-hydrogen) atoms. The van der Waals surface area contributed by atoms with E-state index in [2.05, 4.69) is 41.3 Å². The number of carbonyl (C=O) groups is 1. The summed E-state index contributed by atoms with van der Waals surface area (Å²) < 4.78 is 5.31. The van der Waals surface area contributed by atoms with Gasteiger partial charge in [0.15, 0.2) is 17.3 Å². The first-order valence-electron chi connectivity index (χ1n) is 9.50. The van der Waals surface area contributed by atoms with Gasteiger partial charge in [-0.2, -0.15) is 4.98 Å². The van der Waals surface area contributed by atoms with Crippen molar-refractivity contribution >= 4 is 28.9 Å². The average molecular weight is 416 g/mol. The standard InChI is InChI=1S/C21H20N8O2/c1-12-14(21-24-13(2)29-31-21)7-6-8-15(12)25-16-11-18(26-17-9-4-5-10-23-17)27-28-19(16)20(30)22-3/h4-11H,1-3H3,(H,22,30)(H2,23,25,26,27). The van der Waals surface area contributed by atoms with E-state index in [9.17, 15) is 4.79 Å². The first kappa shape index (κ1) is 20.0. The number of aryl methyl sites for hydroxylation is 1. The normalized spacial score (nSPS) is 10.5. The average Bonchev–Trinajstić information content (AvgIpc) is 3.21. The molecule has 0 aliphatic rings. The highest BCUT2D eigenvalue weighted by Gasteiger charge is 2.17. The maximum Gasteiger partial charge on any atom is 0.273 e. The highest BCUT2D eigenvalue weighted by atomic mass is 16.5. The van der Waals surface area contributed by atoms with Gasteiger partial charge in [0.1, 0.15) is 5.82 Å². The lowest BCUT2D eigenvalue weighted by molar-refractivity contribution is 0.0958. The Morgan fingerprint density at radius 3 is 2.55 bits per heavy atom. The van der Waals surface area contributed by atoms with Gasteiger partial charge in [-0.1, -0.05) is 17.3 Å². The van der Waals surface area contributed by atoms with E-state index in [1.165, 1.54) is 7.05 Å². The van der Waals surface area contributed by atoms with Crippen LogP contribution in [0.3, 0.4) is 0 Å². The van der Waals surface area contributed by atoms with Gasteiger partial charge in [0.05, 0.1) is 5.69 Å². The predicted octanol–water partition coefficient (Wildman–Crippen LogP) is 3.39. The van der Waals surface area contributed by atoms with Crippen LogP contribution in [0.5, 0.6) is 0 Å². The minimum atomic E-state index is -0.360. The molecule has 3 aromatic heterocycles. The summed E-state index contributed by atoms with van der Waals surface area (Å²) in [5, 5.41) is 21.0. The van der Waals surface area contributed by atoms with Crippen LogP contribution in [0.4, 0.5) is 23.0 Å². The molecule has 4 aromatic rings. The van der Waals surface area contributed by atoms with Crippen LogP contribution < -0.4 is 16.0 Å². The fraction of sp³-hybridized carbons (Fsp3) is 0.143. The van der Waals surface area contributed by atoms with E-state index in [4.69, 9.17) is 4.52 Å². The molecular formula is C21H20N8O2. The highest BCUT2D eigenvalue weighted by molar-refractivity contribution is 5.98. The summed E-state index contributed by atoms with van der Waals surface area (Å²) in [4.78, 5) is 20.9. The quantitative estimate of drug-likeness (QED) is 0.433. The molecule has 1 aromatic carbocycles. The van der Waals surface area contributed by atoms with Crippen molar-refractivity contribution in [3.05, 3.63) is 65.7 Å². The number of hydrogen-bond donors (Lipinski definition) is 3. The number of carbonyl (C=O) groups excluding carboxylic acids is 1. The summed E-state index contributed by atoms with van der Waals surface area (Å²) in [5.74, 6) is 1.67. The number of hydrogen-bond acceptors (Lipinski definition) is 9. The fourth-order valence-electron chi connectivity index (χ4n) is 2.96. The molecule has 0 atom stereocenters. The zero-order chi connectivity index (χ0) is 21.8. The van der Waals surface area contributed by atoms with E-state index >= 15 is 0 Å². The van der Waals surface area contributed by atoms with Crippen LogP contribution in [0.2, 0.25) is 0 Å². The molecule has 4 rings (SSSR count). The van der Waals surface area contributed by atoms with Crippen LogP contribution in [0, 0.1) is 13.8 Å². The number of anilines is 4. The fourth-order valence-corrected chi connectivity index (χ4v) is 2.96. The second-order valence-electron chi connectivity index (χ2n) is 6.66. The van der Waals surface area contributed by atoms with Gasteiger partial charge in [0, 0.05) is 30.6 Å². The van der Waals surface area contributed by atoms with Crippen LogP contribution in [-0.2, 0) is 0 Å². The van der Waals surface area contributed by atoms with E-state index in [1.54, 1.807) is 25.3 Å². The van der Waals surface area contributed by atoms with Gasteiger partial charge in [-0.05, 0) is 43.7 Å². The van der Waals surface area contributed by atoms with Crippen LogP contribution >= 0.6 is 0 Å². The minimum Gasteiger partial charge on any atom is -0.354 e. The molecule has 1 amide bonds. The molecule has 0 saturated carbocycles. The molecule has 10 heteroatoms. The SMILES string of the molecule is CNC(=O)c1nnc(Nc2ccccn2)cc1Nc1cccc(-c2nc(C)no2)c1C. The summed E-state index contributed by atoms with van der Waals surface area (Å²) in [6, 6.07) is 12.8. The van der Waals surface area contributed by atoms with E-state index in [1.807, 2.05) is 37.3 Å².